The third-order valence-corrected chi connectivity index (χ3v) is 3.79. The van der Waals surface area contributed by atoms with Crippen LogP contribution >= 0.6 is 0 Å². The number of rotatable bonds is 4. The van der Waals surface area contributed by atoms with Crippen molar-refractivity contribution in [2.24, 2.45) is 0 Å². The molecule has 0 atom stereocenters. The van der Waals surface area contributed by atoms with Gasteiger partial charge >= 0.3 is 0 Å². The summed E-state index contributed by atoms with van der Waals surface area (Å²) in [5.41, 5.74) is 0.615. The quantitative estimate of drug-likeness (QED) is 0.907. The zero-order valence-electron chi connectivity index (χ0n) is 12.3. The molecule has 0 spiro atoms. The van der Waals surface area contributed by atoms with Crippen molar-refractivity contribution in [2.45, 2.75) is 18.9 Å². The van der Waals surface area contributed by atoms with Gasteiger partial charge in [-0.25, -0.2) is 0 Å². The Morgan fingerprint density at radius 1 is 1.15 bits per heavy atom. The summed E-state index contributed by atoms with van der Waals surface area (Å²) in [6, 6.07) is 5.80. The van der Waals surface area contributed by atoms with Crippen LogP contribution in [0.3, 0.4) is 0 Å². The minimum Gasteiger partial charge on any atom is -0.497 e. The average Bonchev–Trinajstić information content (AvgIpc) is 2.53. The highest BCUT2D eigenvalue weighted by atomic mass is 16.5. The standard InChI is InChI=1S/C15H22N2O3/c1-16-12-4-6-17(7-5-12)15(18)11-8-13(19-2)10-14(9-11)20-3/h8-10,12,16H,4-7H2,1-3H3. The molecule has 0 radical (unpaired) electrons. The average molecular weight is 278 g/mol. The highest BCUT2D eigenvalue weighted by Gasteiger charge is 2.23. The van der Waals surface area contributed by atoms with Crippen molar-refractivity contribution in [1.29, 1.82) is 0 Å². The second kappa shape index (κ2) is 6.61. The number of hydrogen-bond donors (Lipinski definition) is 1. The molecule has 0 unspecified atom stereocenters. The molecule has 1 aromatic rings. The van der Waals surface area contributed by atoms with Gasteiger partial charge in [0.15, 0.2) is 0 Å². The molecular formula is C15H22N2O3. The summed E-state index contributed by atoms with van der Waals surface area (Å²) >= 11 is 0. The summed E-state index contributed by atoms with van der Waals surface area (Å²) in [4.78, 5) is 14.4. The number of benzene rings is 1. The van der Waals surface area contributed by atoms with Gasteiger partial charge in [-0.2, -0.15) is 0 Å². The van der Waals surface area contributed by atoms with Crippen LogP contribution in [0.4, 0.5) is 0 Å². The Morgan fingerprint density at radius 2 is 1.70 bits per heavy atom. The number of hydrogen-bond acceptors (Lipinski definition) is 4. The molecule has 0 aliphatic carbocycles. The van der Waals surface area contributed by atoms with Crippen LogP contribution in [0.25, 0.3) is 0 Å². The number of piperidine rings is 1. The fraction of sp³-hybridized carbons (Fsp3) is 0.533. The lowest BCUT2D eigenvalue weighted by atomic mass is 10.0. The van der Waals surface area contributed by atoms with Gasteiger partial charge in [0.25, 0.3) is 5.91 Å². The summed E-state index contributed by atoms with van der Waals surface area (Å²) in [5.74, 6) is 1.31. The third-order valence-electron chi connectivity index (χ3n) is 3.79. The first kappa shape index (κ1) is 14.7. The zero-order valence-corrected chi connectivity index (χ0v) is 12.3. The molecule has 5 nitrogen and oxygen atoms in total. The van der Waals surface area contributed by atoms with Gasteiger partial charge in [0.1, 0.15) is 11.5 Å². The summed E-state index contributed by atoms with van der Waals surface area (Å²) in [6.07, 6.45) is 1.98. The Balaban J connectivity index is 2.12. The van der Waals surface area contributed by atoms with E-state index in [0.717, 1.165) is 25.9 Å². The molecular weight excluding hydrogens is 256 g/mol. The number of amides is 1. The van der Waals surface area contributed by atoms with E-state index in [4.69, 9.17) is 9.47 Å². The van der Waals surface area contributed by atoms with Gasteiger partial charge in [0.05, 0.1) is 14.2 Å². The first-order chi connectivity index (χ1) is 9.67. The van der Waals surface area contributed by atoms with Gasteiger partial charge in [-0.1, -0.05) is 0 Å². The zero-order chi connectivity index (χ0) is 14.5. The number of methoxy groups -OCH3 is 2. The smallest absolute Gasteiger partial charge is 0.254 e. The lowest BCUT2D eigenvalue weighted by Gasteiger charge is -2.32. The van der Waals surface area contributed by atoms with Crippen LogP contribution in [0.5, 0.6) is 11.5 Å². The number of likely N-dealkylation sites (tertiary alicyclic amines) is 1. The minimum absolute atomic E-state index is 0.0387. The van der Waals surface area contributed by atoms with E-state index < -0.39 is 0 Å². The Kier molecular flexibility index (Phi) is 4.84. The van der Waals surface area contributed by atoms with Gasteiger partial charge in [-0.05, 0) is 32.0 Å². The largest absolute Gasteiger partial charge is 0.497 e. The maximum atomic E-state index is 12.5. The lowest BCUT2D eigenvalue weighted by Crippen LogP contribution is -2.43. The van der Waals surface area contributed by atoms with Crippen molar-refractivity contribution in [3.8, 4) is 11.5 Å². The number of nitrogens with one attached hydrogen (secondary N) is 1. The van der Waals surface area contributed by atoms with Crippen LogP contribution in [0.15, 0.2) is 18.2 Å². The van der Waals surface area contributed by atoms with Gasteiger partial charge in [0, 0.05) is 30.8 Å². The van der Waals surface area contributed by atoms with Gasteiger partial charge in [0.2, 0.25) is 0 Å². The minimum atomic E-state index is 0.0387. The topological polar surface area (TPSA) is 50.8 Å². The number of ether oxygens (including phenoxy) is 2. The molecule has 1 heterocycles. The molecule has 1 aliphatic rings. The summed E-state index contributed by atoms with van der Waals surface area (Å²) in [7, 11) is 5.14. The van der Waals surface area contributed by atoms with E-state index in [1.54, 1.807) is 32.4 Å². The van der Waals surface area contributed by atoms with Crippen molar-refractivity contribution in [2.75, 3.05) is 34.4 Å². The number of carbonyl (C=O) groups is 1. The number of carbonyl (C=O) groups excluding carboxylic acids is 1. The predicted octanol–water partition coefficient (Wildman–Crippen LogP) is 1.53. The van der Waals surface area contributed by atoms with E-state index in [0.29, 0.717) is 23.1 Å². The third kappa shape index (κ3) is 3.22. The summed E-state index contributed by atoms with van der Waals surface area (Å²) in [5, 5.41) is 3.26. The normalized spacial score (nSPS) is 16.1. The maximum Gasteiger partial charge on any atom is 0.254 e. The van der Waals surface area contributed by atoms with Crippen LogP contribution in [-0.2, 0) is 0 Å². The van der Waals surface area contributed by atoms with Crippen LogP contribution < -0.4 is 14.8 Å². The first-order valence-corrected chi connectivity index (χ1v) is 6.87. The second-order valence-electron chi connectivity index (χ2n) is 4.96. The van der Waals surface area contributed by atoms with Gasteiger partial charge in [-0.15, -0.1) is 0 Å². The molecule has 20 heavy (non-hydrogen) atoms. The summed E-state index contributed by atoms with van der Waals surface area (Å²) in [6.45, 7) is 1.56. The fourth-order valence-corrected chi connectivity index (χ4v) is 2.48. The van der Waals surface area contributed by atoms with E-state index in [9.17, 15) is 4.79 Å². The molecule has 1 aromatic carbocycles. The van der Waals surface area contributed by atoms with Crippen LogP contribution in [0, 0.1) is 0 Å². The molecule has 1 saturated heterocycles. The van der Waals surface area contributed by atoms with Crippen molar-refractivity contribution >= 4 is 5.91 Å². The number of nitrogens with zero attached hydrogens (tertiary/aromatic N) is 1. The summed E-state index contributed by atoms with van der Waals surface area (Å²) < 4.78 is 10.4. The Morgan fingerprint density at radius 3 is 2.15 bits per heavy atom. The van der Waals surface area contributed by atoms with Gasteiger partial charge < -0.3 is 19.7 Å². The van der Waals surface area contributed by atoms with Crippen LogP contribution in [-0.4, -0.2) is 51.2 Å². The van der Waals surface area contributed by atoms with Gasteiger partial charge in [-0.3, -0.25) is 4.79 Å². The molecule has 1 amide bonds. The predicted molar refractivity (Wildman–Crippen MR) is 77.5 cm³/mol. The highest BCUT2D eigenvalue weighted by Crippen LogP contribution is 2.24. The molecule has 110 valence electrons. The van der Waals surface area contributed by atoms with Crippen molar-refractivity contribution in [3.63, 3.8) is 0 Å². The molecule has 0 saturated carbocycles. The van der Waals surface area contributed by atoms with Crippen LogP contribution in [0.1, 0.15) is 23.2 Å². The molecule has 5 heteroatoms. The molecule has 1 fully saturated rings. The Bertz CT molecular complexity index is 446. The molecule has 0 bridgehead atoms. The van der Waals surface area contributed by atoms with E-state index in [-0.39, 0.29) is 5.91 Å². The van der Waals surface area contributed by atoms with Crippen molar-refractivity contribution < 1.29 is 14.3 Å². The second-order valence-corrected chi connectivity index (χ2v) is 4.96. The molecule has 2 rings (SSSR count). The SMILES string of the molecule is CNC1CCN(C(=O)c2cc(OC)cc(OC)c2)CC1. The van der Waals surface area contributed by atoms with E-state index in [1.165, 1.54) is 0 Å². The first-order valence-electron chi connectivity index (χ1n) is 6.87. The van der Waals surface area contributed by atoms with E-state index in [1.807, 2.05) is 11.9 Å². The van der Waals surface area contributed by atoms with Crippen molar-refractivity contribution in [3.05, 3.63) is 23.8 Å². The molecule has 0 aromatic heterocycles. The lowest BCUT2D eigenvalue weighted by molar-refractivity contribution is 0.0706. The van der Waals surface area contributed by atoms with Crippen molar-refractivity contribution in [1.82, 2.24) is 10.2 Å². The van der Waals surface area contributed by atoms with E-state index >= 15 is 0 Å². The van der Waals surface area contributed by atoms with E-state index in [2.05, 4.69) is 5.32 Å². The Hall–Kier alpha value is -1.75. The van der Waals surface area contributed by atoms with Crippen LogP contribution in [0.2, 0.25) is 0 Å². The molecule has 1 N–H and O–H groups in total. The highest BCUT2D eigenvalue weighted by molar-refractivity contribution is 5.95. The molecule has 1 aliphatic heterocycles. The Labute approximate surface area is 119 Å². The maximum absolute atomic E-state index is 12.5. The fourth-order valence-electron chi connectivity index (χ4n) is 2.48. The monoisotopic (exact) mass is 278 g/mol.